The lowest BCUT2D eigenvalue weighted by molar-refractivity contribution is 0.123. The van der Waals surface area contributed by atoms with Crippen molar-refractivity contribution in [1.29, 1.82) is 0 Å². The molecule has 4 nitrogen and oxygen atoms in total. The summed E-state index contributed by atoms with van der Waals surface area (Å²) in [4.78, 5) is 1.63. The van der Waals surface area contributed by atoms with Gasteiger partial charge in [-0.25, -0.2) is 0 Å². The Balaban J connectivity index is 2.13. The van der Waals surface area contributed by atoms with Gasteiger partial charge in [0, 0.05) is 12.6 Å². The van der Waals surface area contributed by atoms with Crippen LogP contribution in [0.1, 0.15) is 12.5 Å². The van der Waals surface area contributed by atoms with Crippen LogP contribution in [0.4, 0.5) is 0 Å². The van der Waals surface area contributed by atoms with Crippen molar-refractivity contribution in [3.63, 3.8) is 0 Å². The molecule has 0 saturated heterocycles. The maximum Gasteiger partial charge on any atom is 0.250 e. The number of nitrogens with zero attached hydrogens (tertiary/aromatic N) is 1. The van der Waals surface area contributed by atoms with Gasteiger partial charge in [0.1, 0.15) is 5.66 Å². The van der Waals surface area contributed by atoms with Gasteiger partial charge in [0.25, 0.3) is 5.88 Å². The predicted octanol–water partition coefficient (Wildman–Crippen LogP) is 3.30. The normalized spacial score (nSPS) is 21.5. The summed E-state index contributed by atoms with van der Waals surface area (Å²) in [6.45, 7) is 1.92. The van der Waals surface area contributed by atoms with Crippen LogP contribution in [-0.2, 0) is 5.66 Å². The van der Waals surface area contributed by atoms with E-state index in [9.17, 15) is 10.2 Å². The molecule has 0 amide bonds. The summed E-state index contributed by atoms with van der Waals surface area (Å²) in [7, 11) is 1.74. The molecule has 0 fully saturated rings. The summed E-state index contributed by atoms with van der Waals surface area (Å²) in [5, 5.41) is 22.7. The quantitative estimate of drug-likeness (QED) is 0.791. The van der Waals surface area contributed by atoms with Crippen LogP contribution >= 0.6 is 0 Å². The van der Waals surface area contributed by atoms with Crippen LogP contribution in [0, 0.1) is 0 Å². The first-order valence-electron chi connectivity index (χ1n) is 6.83. The molecule has 0 aromatic heterocycles. The maximum absolute atomic E-state index is 9.92. The zero-order valence-electron chi connectivity index (χ0n) is 12.0. The number of aliphatic hydroxyl groups is 2. The molecular formula is C17H18N2O2. The number of aliphatic hydroxyl groups excluding tert-OH is 2. The second-order valence-electron chi connectivity index (χ2n) is 5.34. The molecule has 4 heteroatoms. The predicted molar refractivity (Wildman–Crippen MR) is 82.4 cm³/mol. The van der Waals surface area contributed by atoms with Crippen LogP contribution in [-0.4, -0.2) is 22.2 Å². The Morgan fingerprint density at radius 3 is 2.19 bits per heavy atom. The molecule has 0 spiro atoms. The van der Waals surface area contributed by atoms with E-state index in [0.29, 0.717) is 0 Å². The van der Waals surface area contributed by atoms with Crippen molar-refractivity contribution < 1.29 is 10.2 Å². The smallest absolute Gasteiger partial charge is 0.250 e. The fourth-order valence-corrected chi connectivity index (χ4v) is 2.77. The Morgan fingerprint density at radius 1 is 0.952 bits per heavy atom. The lowest BCUT2D eigenvalue weighted by Gasteiger charge is -2.35. The average molecular weight is 282 g/mol. The number of nitrogens with one attached hydrogen (secondary N) is 1. The maximum atomic E-state index is 9.92. The van der Waals surface area contributed by atoms with Gasteiger partial charge in [-0.2, -0.15) is 0 Å². The number of rotatable bonds is 2. The first kappa shape index (κ1) is 13.4. The lowest BCUT2D eigenvalue weighted by Crippen LogP contribution is -2.45. The number of benzene rings is 2. The van der Waals surface area contributed by atoms with Gasteiger partial charge >= 0.3 is 0 Å². The Labute approximate surface area is 124 Å². The standard InChI is InChI=1S/C17H18N2O2/c1-17(18-15(20)16(21)19(17)2)14-11-7-6-10-13(14)12-8-4-3-5-9-12/h3-11,18,20-21H,1-2H3. The summed E-state index contributed by atoms with van der Waals surface area (Å²) in [6, 6.07) is 18.0. The molecule has 1 unspecified atom stereocenters. The summed E-state index contributed by atoms with van der Waals surface area (Å²) in [5.74, 6) is -0.358. The third-order valence-corrected chi connectivity index (χ3v) is 4.10. The Bertz CT molecular complexity index is 697. The van der Waals surface area contributed by atoms with E-state index in [1.807, 2.05) is 61.5 Å². The van der Waals surface area contributed by atoms with Crippen LogP contribution in [0.25, 0.3) is 11.1 Å². The summed E-state index contributed by atoms with van der Waals surface area (Å²) < 4.78 is 0. The third-order valence-electron chi connectivity index (χ3n) is 4.10. The van der Waals surface area contributed by atoms with Crippen molar-refractivity contribution in [2.75, 3.05) is 7.05 Å². The van der Waals surface area contributed by atoms with E-state index in [4.69, 9.17) is 0 Å². The molecule has 1 aliphatic heterocycles. The molecule has 1 heterocycles. The highest BCUT2D eigenvalue weighted by atomic mass is 16.3. The minimum absolute atomic E-state index is 0.152. The van der Waals surface area contributed by atoms with Gasteiger partial charge in [-0.1, -0.05) is 54.6 Å². The molecule has 0 radical (unpaired) electrons. The van der Waals surface area contributed by atoms with Crippen molar-refractivity contribution in [3.05, 3.63) is 71.9 Å². The van der Waals surface area contributed by atoms with Gasteiger partial charge in [0.15, 0.2) is 0 Å². The fourth-order valence-electron chi connectivity index (χ4n) is 2.77. The molecule has 1 atom stereocenters. The van der Waals surface area contributed by atoms with E-state index < -0.39 is 5.66 Å². The molecule has 0 bridgehead atoms. The molecule has 3 rings (SSSR count). The van der Waals surface area contributed by atoms with Gasteiger partial charge in [-0.3, -0.25) is 0 Å². The van der Waals surface area contributed by atoms with Gasteiger partial charge in [0.05, 0.1) is 0 Å². The van der Waals surface area contributed by atoms with Crippen LogP contribution in [0.5, 0.6) is 0 Å². The van der Waals surface area contributed by atoms with E-state index in [2.05, 4.69) is 5.32 Å². The highest BCUT2D eigenvalue weighted by Crippen LogP contribution is 2.38. The highest BCUT2D eigenvalue weighted by molar-refractivity contribution is 5.68. The van der Waals surface area contributed by atoms with E-state index in [-0.39, 0.29) is 11.8 Å². The van der Waals surface area contributed by atoms with Crippen LogP contribution < -0.4 is 5.32 Å². The monoisotopic (exact) mass is 282 g/mol. The molecule has 2 aromatic carbocycles. The molecule has 0 aliphatic carbocycles. The second kappa shape index (κ2) is 4.74. The minimum Gasteiger partial charge on any atom is -0.491 e. The topological polar surface area (TPSA) is 55.7 Å². The van der Waals surface area contributed by atoms with Gasteiger partial charge < -0.3 is 20.4 Å². The summed E-state index contributed by atoms with van der Waals surface area (Å²) in [5.41, 5.74) is 2.42. The molecular weight excluding hydrogens is 264 g/mol. The van der Waals surface area contributed by atoms with Crippen molar-refractivity contribution in [3.8, 4) is 11.1 Å². The van der Waals surface area contributed by atoms with Gasteiger partial charge in [0.2, 0.25) is 5.88 Å². The van der Waals surface area contributed by atoms with E-state index in [1.54, 1.807) is 11.9 Å². The van der Waals surface area contributed by atoms with Crippen LogP contribution in [0.2, 0.25) is 0 Å². The molecule has 21 heavy (non-hydrogen) atoms. The third kappa shape index (κ3) is 2.00. The largest absolute Gasteiger partial charge is 0.491 e. The van der Waals surface area contributed by atoms with Crippen molar-refractivity contribution in [2.45, 2.75) is 12.6 Å². The minimum atomic E-state index is -0.708. The van der Waals surface area contributed by atoms with Crippen molar-refractivity contribution in [2.24, 2.45) is 0 Å². The number of hydrogen-bond donors (Lipinski definition) is 3. The SMILES string of the molecule is CN1C(O)=C(O)NC1(C)c1ccccc1-c1ccccc1. The summed E-state index contributed by atoms with van der Waals surface area (Å²) >= 11 is 0. The number of hydrogen-bond acceptors (Lipinski definition) is 4. The molecule has 1 aliphatic rings. The zero-order valence-corrected chi connectivity index (χ0v) is 12.0. The Morgan fingerprint density at radius 2 is 1.57 bits per heavy atom. The Kier molecular flexibility index (Phi) is 3.01. The van der Waals surface area contributed by atoms with Gasteiger partial charge in [-0.05, 0) is 18.1 Å². The molecule has 2 aromatic rings. The zero-order chi connectivity index (χ0) is 15.0. The first-order valence-corrected chi connectivity index (χ1v) is 6.83. The van der Waals surface area contributed by atoms with E-state index in [1.165, 1.54) is 0 Å². The summed E-state index contributed by atoms with van der Waals surface area (Å²) in [6.07, 6.45) is 0. The van der Waals surface area contributed by atoms with Gasteiger partial charge in [-0.15, -0.1) is 0 Å². The average Bonchev–Trinajstić information content (AvgIpc) is 2.72. The van der Waals surface area contributed by atoms with Crippen molar-refractivity contribution >= 4 is 0 Å². The molecule has 0 saturated carbocycles. The van der Waals surface area contributed by atoms with Crippen molar-refractivity contribution in [1.82, 2.24) is 10.2 Å². The molecule has 3 N–H and O–H groups in total. The van der Waals surface area contributed by atoms with Crippen LogP contribution in [0.3, 0.4) is 0 Å². The highest BCUT2D eigenvalue weighted by Gasteiger charge is 2.42. The lowest BCUT2D eigenvalue weighted by atomic mass is 9.91. The molecule has 108 valence electrons. The first-order chi connectivity index (χ1) is 10.0. The Hall–Kier alpha value is -2.62. The fraction of sp³-hybridized carbons (Fsp3) is 0.176. The second-order valence-corrected chi connectivity index (χ2v) is 5.34. The van der Waals surface area contributed by atoms with E-state index >= 15 is 0 Å². The van der Waals surface area contributed by atoms with E-state index in [0.717, 1.165) is 16.7 Å². The van der Waals surface area contributed by atoms with Crippen LogP contribution in [0.15, 0.2) is 66.4 Å².